The molecule has 1 aromatic rings. The van der Waals surface area contributed by atoms with Crippen molar-refractivity contribution in [3.05, 3.63) is 24.0 Å². The molecular weight excluding hydrogens is 246 g/mol. The molecule has 0 radical (unpaired) electrons. The Balaban J connectivity index is 2.47. The number of thioether (sulfide) groups is 1. The molecule has 1 atom stereocenters. The van der Waals surface area contributed by atoms with E-state index in [2.05, 4.69) is 29.5 Å². The third kappa shape index (κ3) is 5.06. The fourth-order valence-electron chi connectivity index (χ4n) is 1.54. The summed E-state index contributed by atoms with van der Waals surface area (Å²) in [7, 11) is 0. The summed E-state index contributed by atoms with van der Waals surface area (Å²) in [6.45, 7) is 7.69. The van der Waals surface area contributed by atoms with Crippen LogP contribution in [0.4, 0.5) is 0 Å². The Hall–Kier alpha value is -1.07. The van der Waals surface area contributed by atoms with Crippen molar-refractivity contribution >= 4 is 17.7 Å². The molecule has 0 bridgehead atoms. The van der Waals surface area contributed by atoms with Crippen molar-refractivity contribution in [1.29, 1.82) is 0 Å². The van der Waals surface area contributed by atoms with E-state index in [0.29, 0.717) is 12.3 Å². The van der Waals surface area contributed by atoms with Gasteiger partial charge in [0.1, 0.15) is 0 Å². The first-order chi connectivity index (χ1) is 8.67. The molecule has 100 valence electrons. The van der Waals surface area contributed by atoms with Gasteiger partial charge >= 0.3 is 0 Å². The van der Waals surface area contributed by atoms with Crippen molar-refractivity contribution in [3.8, 4) is 0 Å². The van der Waals surface area contributed by atoms with Crippen LogP contribution in [0.3, 0.4) is 0 Å². The zero-order chi connectivity index (χ0) is 13.4. The summed E-state index contributed by atoms with van der Waals surface area (Å²) in [5.41, 5.74) is 1.03. The molecule has 1 heterocycles. The highest BCUT2D eigenvalue weighted by molar-refractivity contribution is 8.00. The molecule has 0 aliphatic heterocycles. The van der Waals surface area contributed by atoms with Crippen molar-refractivity contribution in [2.75, 3.05) is 18.8 Å². The van der Waals surface area contributed by atoms with Gasteiger partial charge in [-0.3, -0.25) is 9.78 Å². The summed E-state index contributed by atoms with van der Waals surface area (Å²) in [6, 6.07) is 4.28. The number of hydrogen-bond donors (Lipinski definition) is 2. The van der Waals surface area contributed by atoms with Gasteiger partial charge in [-0.15, -0.1) is 11.8 Å². The smallest absolute Gasteiger partial charge is 0.230 e. The van der Waals surface area contributed by atoms with Crippen molar-refractivity contribution in [2.24, 2.45) is 0 Å². The summed E-state index contributed by atoms with van der Waals surface area (Å²) in [6.07, 6.45) is 1.83. The zero-order valence-electron chi connectivity index (χ0n) is 11.2. The van der Waals surface area contributed by atoms with E-state index in [4.69, 9.17) is 0 Å². The fourth-order valence-corrected chi connectivity index (χ4v) is 2.23. The van der Waals surface area contributed by atoms with Gasteiger partial charge in [0.2, 0.25) is 5.91 Å². The lowest BCUT2D eigenvalue weighted by atomic mass is 10.2. The number of carbonyl (C=O) groups excluding carboxylic acids is 1. The number of nitrogens with zero attached hydrogens (tertiary/aromatic N) is 1. The van der Waals surface area contributed by atoms with E-state index in [1.807, 2.05) is 25.3 Å². The Morgan fingerprint density at radius 3 is 2.72 bits per heavy atom. The first kappa shape index (κ1) is 15.0. The minimum Gasteiger partial charge on any atom is -0.356 e. The average molecular weight is 267 g/mol. The van der Waals surface area contributed by atoms with Crippen molar-refractivity contribution in [3.63, 3.8) is 0 Å². The molecule has 0 saturated heterocycles. The second kappa shape index (κ2) is 8.11. The topological polar surface area (TPSA) is 54.0 Å². The molecular formula is C13H21N3OS. The number of aromatic nitrogens is 1. The van der Waals surface area contributed by atoms with Crippen LogP contribution < -0.4 is 10.6 Å². The average Bonchev–Trinajstić information content (AvgIpc) is 2.37. The van der Waals surface area contributed by atoms with E-state index in [9.17, 15) is 4.79 Å². The van der Waals surface area contributed by atoms with Gasteiger partial charge in [0.05, 0.1) is 11.4 Å². The minimum absolute atomic E-state index is 0.0626. The van der Waals surface area contributed by atoms with Gasteiger partial charge in [-0.2, -0.15) is 0 Å². The summed E-state index contributed by atoms with van der Waals surface area (Å²) in [4.78, 5) is 16.7. The third-order valence-electron chi connectivity index (χ3n) is 2.46. The minimum atomic E-state index is 0.0626. The monoisotopic (exact) mass is 267 g/mol. The summed E-state index contributed by atoms with van der Waals surface area (Å²) in [5.74, 6) is 0.505. The van der Waals surface area contributed by atoms with Gasteiger partial charge in [0.15, 0.2) is 0 Å². The summed E-state index contributed by atoms with van der Waals surface area (Å²) in [5, 5.41) is 6.09. The zero-order valence-corrected chi connectivity index (χ0v) is 12.0. The molecule has 1 amide bonds. The van der Waals surface area contributed by atoms with E-state index in [-0.39, 0.29) is 11.9 Å². The maximum atomic E-state index is 11.3. The SMILES string of the molecule is CCNC(=O)CSc1ccc(C(C)NCC)nc1. The molecule has 0 saturated carbocycles. The van der Waals surface area contributed by atoms with E-state index in [1.165, 1.54) is 11.8 Å². The first-order valence-corrected chi connectivity index (χ1v) is 7.24. The fraction of sp³-hybridized carbons (Fsp3) is 0.538. The van der Waals surface area contributed by atoms with Crippen molar-refractivity contribution < 1.29 is 4.79 Å². The van der Waals surface area contributed by atoms with Crippen LogP contribution in [0, 0.1) is 0 Å². The van der Waals surface area contributed by atoms with E-state index < -0.39 is 0 Å². The Morgan fingerprint density at radius 2 is 2.17 bits per heavy atom. The highest BCUT2D eigenvalue weighted by Gasteiger charge is 2.06. The lowest BCUT2D eigenvalue weighted by Gasteiger charge is -2.11. The molecule has 0 fully saturated rings. The Bertz CT molecular complexity index is 367. The number of amides is 1. The molecule has 2 N–H and O–H groups in total. The van der Waals surface area contributed by atoms with E-state index in [0.717, 1.165) is 17.1 Å². The molecule has 1 rings (SSSR count). The van der Waals surface area contributed by atoms with Gasteiger partial charge in [-0.25, -0.2) is 0 Å². The Kier molecular flexibility index (Phi) is 6.75. The molecule has 4 nitrogen and oxygen atoms in total. The van der Waals surface area contributed by atoms with Crippen molar-refractivity contribution in [2.45, 2.75) is 31.7 Å². The van der Waals surface area contributed by atoms with Crippen LogP contribution in [-0.4, -0.2) is 29.7 Å². The normalized spacial score (nSPS) is 12.2. The highest BCUT2D eigenvalue weighted by Crippen LogP contribution is 2.18. The van der Waals surface area contributed by atoms with Gasteiger partial charge in [-0.05, 0) is 32.5 Å². The van der Waals surface area contributed by atoms with Gasteiger partial charge in [-0.1, -0.05) is 6.92 Å². The number of rotatable bonds is 7. The molecule has 1 aromatic heterocycles. The second-order valence-electron chi connectivity index (χ2n) is 3.94. The predicted molar refractivity (Wildman–Crippen MR) is 75.7 cm³/mol. The first-order valence-electron chi connectivity index (χ1n) is 6.26. The Labute approximate surface area is 113 Å². The van der Waals surface area contributed by atoms with Crippen LogP contribution in [0.2, 0.25) is 0 Å². The Morgan fingerprint density at radius 1 is 1.39 bits per heavy atom. The van der Waals surface area contributed by atoms with E-state index in [1.54, 1.807) is 0 Å². The van der Waals surface area contributed by atoms with Crippen LogP contribution in [0.15, 0.2) is 23.2 Å². The molecule has 5 heteroatoms. The predicted octanol–water partition coefficient (Wildman–Crippen LogP) is 1.98. The maximum absolute atomic E-state index is 11.3. The van der Waals surface area contributed by atoms with Crippen LogP contribution in [0.1, 0.15) is 32.5 Å². The quantitative estimate of drug-likeness (QED) is 0.742. The third-order valence-corrected chi connectivity index (χ3v) is 3.44. The molecule has 0 aliphatic rings. The van der Waals surface area contributed by atoms with Gasteiger partial charge < -0.3 is 10.6 Å². The van der Waals surface area contributed by atoms with Crippen LogP contribution in [0.25, 0.3) is 0 Å². The summed E-state index contributed by atoms with van der Waals surface area (Å²) < 4.78 is 0. The number of nitrogens with one attached hydrogen (secondary N) is 2. The number of carbonyl (C=O) groups is 1. The second-order valence-corrected chi connectivity index (χ2v) is 4.99. The molecule has 0 spiro atoms. The standard InChI is InChI=1S/C13H21N3OS/c1-4-14-10(3)12-7-6-11(8-16-12)18-9-13(17)15-5-2/h6-8,10,14H,4-5,9H2,1-3H3,(H,15,17). The lowest BCUT2D eigenvalue weighted by Crippen LogP contribution is -2.24. The molecule has 0 aromatic carbocycles. The van der Waals surface area contributed by atoms with Gasteiger partial charge in [0.25, 0.3) is 0 Å². The largest absolute Gasteiger partial charge is 0.356 e. The lowest BCUT2D eigenvalue weighted by molar-refractivity contribution is -0.118. The van der Waals surface area contributed by atoms with Crippen LogP contribution in [0.5, 0.6) is 0 Å². The number of hydrogen-bond acceptors (Lipinski definition) is 4. The number of pyridine rings is 1. The molecule has 1 unspecified atom stereocenters. The molecule has 18 heavy (non-hydrogen) atoms. The highest BCUT2D eigenvalue weighted by atomic mass is 32.2. The van der Waals surface area contributed by atoms with Crippen LogP contribution >= 0.6 is 11.8 Å². The van der Waals surface area contributed by atoms with Crippen molar-refractivity contribution in [1.82, 2.24) is 15.6 Å². The van der Waals surface area contributed by atoms with Crippen LogP contribution in [-0.2, 0) is 4.79 Å². The molecule has 0 aliphatic carbocycles. The summed E-state index contributed by atoms with van der Waals surface area (Å²) >= 11 is 1.51. The van der Waals surface area contributed by atoms with E-state index >= 15 is 0 Å². The van der Waals surface area contributed by atoms with Gasteiger partial charge in [0, 0.05) is 23.7 Å². The maximum Gasteiger partial charge on any atom is 0.230 e.